The van der Waals surface area contributed by atoms with E-state index in [1.807, 2.05) is 31.0 Å². The number of likely N-dealkylation sites (N-methyl/N-ethyl adjacent to an activating group) is 1. The van der Waals surface area contributed by atoms with Gasteiger partial charge in [0.1, 0.15) is 5.75 Å². The van der Waals surface area contributed by atoms with Crippen molar-refractivity contribution in [3.05, 3.63) is 29.8 Å². The van der Waals surface area contributed by atoms with Crippen LogP contribution < -0.4 is 10.1 Å². The lowest BCUT2D eigenvalue weighted by atomic mass is 9.87. The molecule has 4 heteroatoms. The molecule has 1 amide bonds. The van der Waals surface area contributed by atoms with Gasteiger partial charge in [-0.25, -0.2) is 0 Å². The minimum Gasteiger partial charge on any atom is -0.481 e. The molecule has 128 valence electrons. The van der Waals surface area contributed by atoms with Crippen LogP contribution in [-0.2, 0) is 10.2 Å². The van der Waals surface area contributed by atoms with Gasteiger partial charge < -0.3 is 15.0 Å². The van der Waals surface area contributed by atoms with E-state index >= 15 is 0 Å². The Kier molecular flexibility index (Phi) is 5.69. The Labute approximate surface area is 140 Å². The molecule has 2 unspecified atom stereocenters. The fourth-order valence-corrected chi connectivity index (χ4v) is 2.96. The molecule has 2 atom stereocenters. The summed E-state index contributed by atoms with van der Waals surface area (Å²) in [5, 5.41) is 3.26. The fourth-order valence-electron chi connectivity index (χ4n) is 2.96. The molecule has 1 heterocycles. The molecule has 0 radical (unpaired) electrons. The van der Waals surface area contributed by atoms with Gasteiger partial charge in [-0.05, 0) is 49.9 Å². The van der Waals surface area contributed by atoms with E-state index in [2.05, 4.69) is 38.2 Å². The molecule has 23 heavy (non-hydrogen) atoms. The van der Waals surface area contributed by atoms with E-state index in [1.54, 1.807) is 0 Å². The number of ether oxygens (including phenoxy) is 1. The van der Waals surface area contributed by atoms with Gasteiger partial charge in [0.05, 0.1) is 0 Å². The minimum atomic E-state index is -0.453. The predicted molar refractivity (Wildman–Crippen MR) is 93.9 cm³/mol. The molecule has 1 N–H and O–H groups in total. The molecular formula is C19H30N2O2. The number of hydrogen-bond acceptors (Lipinski definition) is 3. The smallest absolute Gasteiger partial charge is 0.263 e. The molecule has 0 aromatic heterocycles. The SMILES string of the molecule is CNC1CCCN(C(=O)C(C)Oc2ccc(C(C)(C)C)cc2)C1. The highest BCUT2D eigenvalue weighted by Crippen LogP contribution is 2.25. The maximum atomic E-state index is 12.6. The van der Waals surface area contributed by atoms with Gasteiger partial charge in [0.25, 0.3) is 5.91 Å². The van der Waals surface area contributed by atoms with Crippen molar-refractivity contribution < 1.29 is 9.53 Å². The molecule has 1 aromatic rings. The van der Waals surface area contributed by atoms with Crippen LogP contribution in [0.25, 0.3) is 0 Å². The molecule has 4 nitrogen and oxygen atoms in total. The highest BCUT2D eigenvalue weighted by molar-refractivity contribution is 5.81. The number of benzene rings is 1. The predicted octanol–water partition coefficient (Wildman–Crippen LogP) is 2.96. The van der Waals surface area contributed by atoms with Crippen molar-refractivity contribution in [1.82, 2.24) is 10.2 Å². The number of carbonyl (C=O) groups excluding carboxylic acids is 1. The Morgan fingerprint density at radius 2 is 1.96 bits per heavy atom. The number of nitrogens with zero attached hydrogens (tertiary/aromatic N) is 1. The van der Waals surface area contributed by atoms with Crippen LogP contribution in [0.4, 0.5) is 0 Å². The quantitative estimate of drug-likeness (QED) is 0.928. The van der Waals surface area contributed by atoms with Gasteiger partial charge in [-0.15, -0.1) is 0 Å². The number of nitrogens with one attached hydrogen (secondary N) is 1. The van der Waals surface area contributed by atoms with Crippen molar-refractivity contribution in [1.29, 1.82) is 0 Å². The van der Waals surface area contributed by atoms with Gasteiger partial charge in [-0.2, -0.15) is 0 Å². The van der Waals surface area contributed by atoms with Crippen molar-refractivity contribution in [3.8, 4) is 5.75 Å². The van der Waals surface area contributed by atoms with Crippen molar-refractivity contribution in [2.24, 2.45) is 0 Å². The molecule has 0 bridgehead atoms. The van der Waals surface area contributed by atoms with Crippen LogP contribution in [0.3, 0.4) is 0 Å². The number of rotatable bonds is 4. The summed E-state index contributed by atoms with van der Waals surface area (Å²) in [7, 11) is 1.95. The molecule has 1 saturated heterocycles. The second-order valence-corrected chi connectivity index (χ2v) is 7.45. The third-order valence-electron chi connectivity index (χ3n) is 4.52. The Balaban J connectivity index is 1.95. The molecule has 0 aliphatic carbocycles. The van der Waals surface area contributed by atoms with Gasteiger partial charge in [0, 0.05) is 19.1 Å². The second-order valence-electron chi connectivity index (χ2n) is 7.45. The maximum Gasteiger partial charge on any atom is 0.263 e. The van der Waals surface area contributed by atoms with Crippen molar-refractivity contribution in [3.63, 3.8) is 0 Å². The first-order valence-corrected chi connectivity index (χ1v) is 8.54. The normalized spacial score (nSPS) is 20.2. The fraction of sp³-hybridized carbons (Fsp3) is 0.632. The maximum absolute atomic E-state index is 12.6. The molecule has 1 aliphatic rings. The number of carbonyl (C=O) groups is 1. The average molecular weight is 318 g/mol. The lowest BCUT2D eigenvalue weighted by molar-refractivity contribution is -0.139. The zero-order valence-corrected chi connectivity index (χ0v) is 15.1. The van der Waals surface area contributed by atoms with E-state index in [0.717, 1.165) is 31.7 Å². The summed E-state index contributed by atoms with van der Waals surface area (Å²) in [4.78, 5) is 14.5. The van der Waals surface area contributed by atoms with Crippen molar-refractivity contribution in [2.75, 3.05) is 20.1 Å². The Morgan fingerprint density at radius 3 is 2.52 bits per heavy atom. The van der Waals surface area contributed by atoms with Crippen LogP contribution in [0.1, 0.15) is 46.1 Å². The van der Waals surface area contributed by atoms with Gasteiger partial charge in [0.15, 0.2) is 6.10 Å². The summed E-state index contributed by atoms with van der Waals surface area (Å²) < 4.78 is 5.85. The van der Waals surface area contributed by atoms with Crippen LogP contribution >= 0.6 is 0 Å². The molecule has 0 saturated carbocycles. The first kappa shape index (κ1) is 17.8. The summed E-state index contributed by atoms with van der Waals surface area (Å²) in [5.41, 5.74) is 1.38. The summed E-state index contributed by atoms with van der Waals surface area (Å²) in [6, 6.07) is 8.45. The van der Waals surface area contributed by atoms with E-state index in [1.165, 1.54) is 5.56 Å². The van der Waals surface area contributed by atoms with E-state index in [0.29, 0.717) is 6.04 Å². The van der Waals surface area contributed by atoms with Crippen molar-refractivity contribution >= 4 is 5.91 Å². The summed E-state index contributed by atoms with van der Waals surface area (Å²) in [6.07, 6.45) is 1.72. The zero-order chi connectivity index (χ0) is 17.0. The van der Waals surface area contributed by atoms with Crippen LogP contribution in [0.2, 0.25) is 0 Å². The number of piperidine rings is 1. The summed E-state index contributed by atoms with van der Waals surface area (Å²) >= 11 is 0. The summed E-state index contributed by atoms with van der Waals surface area (Å²) in [5.74, 6) is 0.825. The van der Waals surface area contributed by atoms with Crippen LogP contribution in [0.15, 0.2) is 24.3 Å². The molecule has 1 aliphatic heterocycles. The number of hydrogen-bond donors (Lipinski definition) is 1. The average Bonchev–Trinajstić information content (AvgIpc) is 2.53. The number of likely N-dealkylation sites (tertiary alicyclic amines) is 1. The molecule has 1 aromatic carbocycles. The zero-order valence-electron chi connectivity index (χ0n) is 15.1. The number of amides is 1. The largest absolute Gasteiger partial charge is 0.481 e. The van der Waals surface area contributed by atoms with Gasteiger partial charge >= 0.3 is 0 Å². The van der Waals surface area contributed by atoms with Gasteiger partial charge in [0.2, 0.25) is 0 Å². The van der Waals surface area contributed by atoms with Crippen LogP contribution in [0, 0.1) is 0 Å². The van der Waals surface area contributed by atoms with Gasteiger partial charge in [-0.3, -0.25) is 4.79 Å². The Hall–Kier alpha value is -1.55. The van der Waals surface area contributed by atoms with E-state index in [-0.39, 0.29) is 11.3 Å². The first-order chi connectivity index (χ1) is 10.8. The molecular weight excluding hydrogens is 288 g/mol. The van der Waals surface area contributed by atoms with E-state index in [4.69, 9.17) is 4.74 Å². The minimum absolute atomic E-state index is 0.0739. The topological polar surface area (TPSA) is 41.6 Å². The Morgan fingerprint density at radius 1 is 1.30 bits per heavy atom. The van der Waals surface area contributed by atoms with E-state index < -0.39 is 6.10 Å². The van der Waals surface area contributed by atoms with Crippen LogP contribution in [-0.4, -0.2) is 43.1 Å². The lowest BCUT2D eigenvalue weighted by Crippen LogP contribution is -2.50. The Bertz CT molecular complexity index is 519. The highest BCUT2D eigenvalue weighted by atomic mass is 16.5. The lowest BCUT2D eigenvalue weighted by Gasteiger charge is -2.34. The van der Waals surface area contributed by atoms with E-state index in [9.17, 15) is 4.79 Å². The third-order valence-corrected chi connectivity index (χ3v) is 4.52. The molecule has 0 spiro atoms. The summed E-state index contributed by atoms with van der Waals surface area (Å²) in [6.45, 7) is 9.99. The molecule has 1 fully saturated rings. The first-order valence-electron chi connectivity index (χ1n) is 8.54. The van der Waals surface area contributed by atoms with Crippen molar-refractivity contribution in [2.45, 2.75) is 58.1 Å². The monoisotopic (exact) mass is 318 g/mol. The molecule has 2 rings (SSSR count). The third kappa shape index (κ3) is 4.71. The van der Waals surface area contributed by atoms with Gasteiger partial charge in [-0.1, -0.05) is 32.9 Å². The second kappa shape index (κ2) is 7.35. The standard InChI is InChI=1S/C19H30N2O2/c1-14(18(22)21-12-6-7-16(13-21)20-5)23-17-10-8-15(9-11-17)19(2,3)4/h8-11,14,16,20H,6-7,12-13H2,1-5H3. The van der Waals surface area contributed by atoms with Crippen LogP contribution in [0.5, 0.6) is 5.75 Å². The highest BCUT2D eigenvalue weighted by Gasteiger charge is 2.27.